The maximum absolute atomic E-state index is 4.74. The van der Waals surface area contributed by atoms with E-state index in [1.807, 2.05) is 36.5 Å². The summed E-state index contributed by atoms with van der Waals surface area (Å²) < 4.78 is 1.02. The van der Waals surface area contributed by atoms with Gasteiger partial charge in [-0.1, -0.05) is 15.9 Å². The first-order valence-electron chi connectivity index (χ1n) is 7.41. The number of nitrogens with one attached hydrogen (secondary N) is 3. The first-order valence-corrected chi connectivity index (χ1v) is 8.20. The van der Waals surface area contributed by atoms with Crippen LogP contribution in [0.4, 0.5) is 11.5 Å². The lowest BCUT2D eigenvalue weighted by Crippen LogP contribution is -1.96. The number of hydrogen-bond acceptors (Lipinski definition) is 4. The Balaban J connectivity index is 1.69. The van der Waals surface area contributed by atoms with Gasteiger partial charge in [0.05, 0.1) is 17.2 Å². The molecule has 24 heavy (non-hydrogen) atoms. The average Bonchev–Trinajstić information content (AvgIpc) is 3.24. The number of aromatic amines is 2. The molecule has 3 aromatic heterocycles. The van der Waals surface area contributed by atoms with Crippen molar-refractivity contribution < 1.29 is 0 Å². The molecule has 3 N–H and O–H groups in total. The predicted molar refractivity (Wildman–Crippen MR) is 98.5 cm³/mol. The molecule has 0 spiro atoms. The molecule has 0 bridgehead atoms. The SMILES string of the molecule is Brc1ccc2nc(Nc3ccc4[nH]ncc4c3)c3n[nH]cc3c2c1. The number of aromatic nitrogens is 5. The minimum atomic E-state index is 0.726. The first-order chi connectivity index (χ1) is 11.8. The number of benzene rings is 2. The fourth-order valence-corrected chi connectivity index (χ4v) is 3.28. The van der Waals surface area contributed by atoms with Gasteiger partial charge in [0.25, 0.3) is 0 Å². The zero-order valence-corrected chi connectivity index (χ0v) is 13.9. The minimum absolute atomic E-state index is 0.726. The largest absolute Gasteiger partial charge is 0.338 e. The molecule has 5 aromatic rings. The van der Waals surface area contributed by atoms with Crippen LogP contribution in [-0.2, 0) is 0 Å². The molecule has 7 heteroatoms. The number of H-pyrrole nitrogens is 2. The molecule has 3 heterocycles. The van der Waals surface area contributed by atoms with E-state index in [9.17, 15) is 0 Å². The number of anilines is 2. The number of rotatable bonds is 2. The summed E-state index contributed by atoms with van der Waals surface area (Å²) in [4.78, 5) is 4.74. The van der Waals surface area contributed by atoms with E-state index in [-0.39, 0.29) is 0 Å². The number of pyridine rings is 1. The molecule has 0 saturated carbocycles. The lowest BCUT2D eigenvalue weighted by atomic mass is 10.1. The smallest absolute Gasteiger partial charge is 0.159 e. The van der Waals surface area contributed by atoms with Crippen molar-refractivity contribution in [2.75, 3.05) is 5.32 Å². The summed E-state index contributed by atoms with van der Waals surface area (Å²) in [5.74, 6) is 0.726. The second kappa shape index (κ2) is 5.04. The summed E-state index contributed by atoms with van der Waals surface area (Å²) in [7, 11) is 0. The van der Waals surface area contributed by atoms with Crippen LogP contribution < -0.4 is 5.32 Å². The van der Waals surface area contributed by atoms with Gasteiger partial charge in [-0.2, -0.15) is 10.2 Å². The van der Waals surface area contributed by atoms with E-state index in [4.69, 9.17) is 4.98 Å². The van der Waals surface area contributed by atoms with E-state index in [1.54, 1.807) is 6.20 Å². The zero-order valence-electron chi connectivity index (χ0n) is 12.3. The van der Waals surface area contributed by atoms with Gasteiger partial charge in [-0.05, 0) is 36.4 Å². The van der Waals surface area contributed by atoms with Crippen molar-refractivity contribution >= 4 is 60.1 Å². The van der Waals surface area contributed by atoms with Gasteiger partial charge in [0.2, 0.25) is 0 Å². The summed E-state index contributed by atoms with van der Waals surface area (Å²) in [6, 6.07) is 12.1. The third-order valence-corrected chi connectivity index (χ3v) is 4.54. The van der Waals surface area contributed by atoms with Gasteiger partial charge < -0.3 is 5.32 Å². The van der Waals surface area contributed by atoms with Gasteiger partial charge in [-0.15, -0.1) is 0 Å². The van der Waals surface area contributed by atoms with Crippen molar-refractivity contribution in [3.05, 3.63) is 53.3 Å². The number of halogens is 1. The quantitative estimate of drug-likeness (QED) is 0.422. The van der Waals surface area contributed by atoms with Crippen molar-refractivity contribution in [3.63, 3.8) is 0 Å². The Morgan fingerprint density at radius 2 is 2.00 bits per heavy atom. The predicted octanol–water partition coefficient (Wildman–Crippen LogP) is 4.49. The molecule has 0 saturated heterocycles. The van der Waals surface area contributed by atoms with Crippen LogP contribution in [0.25, 0.3) is 32.7 Å². The number of fused-ring (bicyclic) bond motifs is 4. The van der Waals surface area contributed by atoms with Crippen molar-refractivity contribution in [1.29, 1.82) is 0 Å². The maximum Gasteiger partial charge on any atom is 0.159 e. The topological polar surface area (TPSA) is 82.3 Å². The van der Waals surface area contributed by atoms with Gasteiger partial charge >= 0.3 is 0 Å². The van der Waals surface area contributed by atoms with Gasteiger partial charge in [0.1, 0.15) is 5.52 Å². The standard InChI is InChI=1S/C17H11BrN6/c18-10-1-3-15-12(6-10)13-8-20-24-16(13)17(22-15)21-11-2-4-14-9(5-11)7-19-23-14/h1-8H,(H,19,23)(H,20,24)(H,21,22). The average molecular weight is 379 g/mol. The molecule has 0 unspecified atom stereocenters. The molecule has 0 radical (unpaired) electrons. The fraction of sp³-hybridized carbons (Fsp3) is 0. The molecule has 0 atom stereocenters. The van der Waals surface area contributed by atoms with Crippen LogP contribution >= 0.6 is 15.9 Å². The van der Waals surface area contributed by atoms with Crippen molar-refractivity contribution in [2.24, 2.45) is 0 Å². The molecule has 0 fully saturated rings. The third kappa shape index (κ3) is 2.05. The molecular formula is C17H11BrN6. The van der Waals surface area contributed by atoms with Gasteiger partial charge in [-0.3, -0.25) is 10.2 Å². The van der Waals surface area contributed by atoms with E-state index < -0.39 is 0 Å². The molecule has 6 nitrogen and oxygen atoms in total. The van der Waals surface area contributed by atoms with E-state index in [0.29, 0.717) is 0 Å². The molecule has 0 aliphatic heterocycles. The lowest BCUT2D eigenvalue weighted by molar-refractivity contribution is 1.12. The van der Waals surface area contributed by atoms with E-state index in [2.05, 4.69) is 47.7 Å². The maximum atomic E-state index is 4.74. The number of hydrogen-bond donors (Lipinski definition) is 3. The molecule has 2 aromatic carbocycles. The molecule has 0 aliphatic rings. The van der Waals surface area contributed by atoms with E-state index in [1.165, 1.54) is 0 Å². The number of nitrogens with zero attached hydrogens (tertiary/aromatic N) is 3. The van der Waals surface area contributed by atoms with Crippen molar-refractivity contribution in [2.45, 2.75) is 0 Å². The lowest BCUT2D eigenvalue weighted by Gasteiger charge is -2.09. The Labute approximate surface area is 144 Å². The van der Waals surface area contributed by atoms with Crippen LogP contribution in [0.1, 0.15) is 0 Å². The zero-order chi connectivity index (χ0) is 16.1. The van der Waals surface area contributed by atoms with Crippen LogP contribution in [0.3, 0.4) is 0 Å². The van der Waals surface area contributed by atoms with Crippen LogP contribution in [0.15, 0.2) is 53.3 Å². The first kappa shape index (κ1) is 13.5. The van der Waals surface area contributed by atoms with Crippen molar-refractivity contribution in [3.8, 4) is 0 Å². The second-order valence-corrected chi connectivity index (χ2v) is 6.48. The van der Waals surface area contributed by atoms with Crippen LogP contribution in [0.2, 0.25) is 0 Å². The van der Waals surface area contributed by atoms with Gasteiger partial charge in [-0.25, -0.2) is 4.98 Å². The van der Waals surface area contributed by atoms with E-state index >= 15 is 0 Å². The van der Waals surface area contributed by atoms with Gasteiger partial charge in [0.15, 0.2) is 5.82 Å². The summed E-state index contributed by atoms with van der Waals surface area (Å²) in [5.41, 5.74) is 3.67. The van der Waals surface area contributed by atoms with Crippen LogP contribution in [-0.4, -0.2) is 25.4 Å². The highest BCUT2D eigenvalue weighted by molar-refractivity contribution is 9.10. The minimum Gasteiger partial charge on any atom is -0.338 e. The Bertz CT molecular complexity index is 1210. The molecule has 116 valence electrons. The van der Waals surface area contributed by atoms with Crippen molar-refractivity contribution in [1.82, 2.24) is 25.4 Å². The Morgan fingerprint density at radius 1 is 1.04 bits per heavy atom. The summed E-state index contributed by atoms with van der Waals surface area (Å²) >= 11 is 3.52. The highest BCUT2D eigenvalue weighted by atomic mass is 79.9. The monoisotopic (exact) mass is 378 g/mol. The summed E-state index contributed by atoms with van der Waals surface area (Å²) in [6.07, 6.45) is 3.70. The summed E-state index contributed by atoms with van der Waals surface area (Å²) in [6.45, 7) is 0. The van der Waals surface area contributed by atoms with Gasteiger partial charge in [0, 0.05) is 32.5 Å². The Hall–Kier alpha value is -2.93. The van der Waals surface area contributed by atoms with Crippen LogP contribution in [0, 0.1) is 0 Å². The fourth-order valence-electron chi connectivity index (χ4n) is 2.92. The normalized spacial score (nSPS) is 11.5. The summed E-state index contributed by atoms with van der Waals surface area (Å²) in [5, 5.41) is 20.8. The Kier molecular flexibility index (Phi) is 2.83. The second-order valence-electron chi connectivity index (χ2n) is 5.57. The van der Waals surface area contributed by atoms with E-state index in [0.717, 1.165) is 48.7 Å². The molecule has 0 amide bonds. The highest BCUT2D eigenvalue weighted by Gasteiger charge is 2.11. The Morgan fingerprint density at radius 3 is 2.96 bits per heavy atom. The highest BCUT2D eigenvalue weighted by Crippen LogP contribution is 2.31. The van der Waals surface area contributed by atoms with Crippen LogP contribution in [0.5, 0.6) is 0 Å². The third-order valence-electron chi connectivity index (χ3n) is 4.05. The molecule has 5 rings (SSSR count). The molecule has 0 aliphatic carbocycles. The molecular weight excluding hydrogens is 368 g/mol.